The number of anilines is 1. The van der Waals surface area contributed by atoms with Crippen molar-refractivity contribution in [3.63, 3.8) is 0 Å². The van der Waals surface area contributed by atoms with Crippen LogP contribution in [0.4, 0.5) is 5.69 Å². The second kappa shape index (κ2) is 5.78. The molecule has 18 heavy (non-hydrogen) atoms. The van der Waals surface area contributed by atoms with Gasteiger partial charge >= 0.3 is 0 Å². The van der Waals surface area contributed by atoms with E-state index in [-0.39, 0.29) is 12.0 Å². The molecule has 1 aromatic carbocycles. The third kappa shape index (κ3) is 2.88. The predicted molar refractivity (Wildman–Crippen MR) is 70.6 cm³/mol. The van der Waals surface area contributed by atoms with Crippen molar-refractivity contribution >= 4 is 34.8 Å². The maximum atomic E-state index is 11.8. The van der Waals surface area contributed by atoms with Crippen LogP contribution in [0.5, 0.6) is 5.75 Å². The summed E-state index contributed by atoms with van der Waals surface area (Å²) >= 11 is 12.0. The zero-order chi connectivity index (χ0) is 13.1. The highest BCUT2D eigenvalue weighted by Crippen LogP contribution is 2.35. The number of benzene rings is 1. The molecule has 2 rings (SSSR count). The number of amides is 1. The molecule has 4 nitrogen and oxygen atoms in total. The molecule has 0 saturated carbocycles. The molecule has 0 unspecified atom stereocenters. The van der Waals surface area contributed by atoms with Gasteiger partial charge in [0.25, 0.3) is 5.91 Å². The SMILES string of the molecule is COc1c(Cl)cc(NC(=O)[C@@H]2CCCO2)cc1Cl. The number of methoxy groups -OCH3 is 1. The first-order valence-electron chi connectivity index (χ1n) is 5.57. The van der Waals surface area contributed by atoms with E-state index in [1.807, 2.05) is 0 Å². The molecule has 0 radical (unpaired) electrons. The lowest BCUT2D eigenvalue weighted by molar-refractivity contribution is -0.124. The molecule has 1 saturated heterocycles. The summed E-state index contributed by atoms with van der Waals surface area (Å²) in [6, 6.07) is 3.19. The quantitative estimate of drug-likeness (QED) is 0.930. The lowest BCUT2D eigenvalue weighted by Gasteiger charge is -2.12. The first-order chi connectivity index (χ1) is 8.61. The van der Waals surface area contributed by atoms with Crippen molar-refractivity contribution in [3.05, 3.63) is 22.2 Å². The number of ether oxygens (including phenoxy) is 2. The van der Waals surface area contributed by atoms with Gasteiger partial charge in [0.1, 0.15) is 6.10 Å². The van der Waals surface area contributed by atoms with Gasteiger partial charge in [0, 0.05) is 12.3 Å². The summed E-state index contributed by atoms with van der Waals surface area (Å²) in [6.07, 6.45) is 1.26. The molecule has 0 spiro atoms. The van der Waals surface area contributed by atoms with Crippen LogP contribution in [-0.4, -0.2) is 25.7 Å². The van der Waals surface area contributed by atoms with E-state index in [1.54, 1.807) is 12.1 Å². The Morgan fingerprint density at radius 1 is 1.44 bits per heavy atom. The number of rotatable bonds is 3. The second-order valence-electron chi connectivity index (χ2n) is 3.96. The number of carbonyl (C=O) groups is 1. The van der Waals surface area contributed by atoms with Crippen molar-refractivity contribution in [1.29, 1.82) is 0 Å². The van der Waals surface area contributed by atoms with Crippen LogP contribution in [-0.2, 0) is 9.53 Å². The molecule has 1 aliphatic rings. The predicted octanol–water partition coefficient (Wildman–Crippen LogP) is 3.12. The molecule has 1 amide bonds. The molecule has 98 valence electrons. The average molecular weight is 290 g/mol. The van der Waals surface area contributed by atoms with E-state index < -0.39 is 0 Å². The van der Waals surface area contributed by atoms with Crippen molar-refractivity contribution in [1.82, 2.24) is 0 Å². The van der Waals surface area contributed by atoms with Crippen molar-refractivity contribution in [3.8, 4) is 5.75 Å². The molecule has 0 aromatic heterocycles. The summed E-state index contributed by atoms with van der Waals surface area (Å²) < 4.78 is 10.3. The highest BCUT2D eigenvalue weighted by atomic mass is 35.5. The molecular weight excluding hydrogens is 277 g/mol. The van der Waals surface area contributed by atoms with E-state index >= 15 is 0 Å². The van der Waals surface area contributed by atoms with Gasteiger partial charge in [0.2, 0.25) is 0 Å². The second-order valence-corrected chi connectivity index (χ2v) is 4.78. The van der Waals surface area contributed by atoms with E-state index in [1.165, 1.54) is 7.11 Å². The van der Waals surface area contributed by atoms with Gasteiger partial charge < -0.3 is 14.8 Å². The van der Waals surface area contributed by atoms with Crippen LogP contribution in [0.25, 0.3) is 0 Å². The maximum absolute atomic E-state index is 11.8. The minimum absolute atomic E-state index is 0.176. The Morgan fingerprint density at radius 2 is 2.11 bits per heavy atom. The Morgan fingerprint density at radius 3 is 2.61 bits per heavy atom. The van der Waals surface area contributed by atoms with Crippen LogP contribution in [0.2, 0.25) is 10.0 Å². The van der Waals surface area contributed by atoms with E-state index in [2.05, 4.69) is 5.32 Å². The fraction of sp³-hybridized carbons (Fsp3) is 0.417. The zero-order valence-electron chi connectivity index (χ0n) is 9.83. The fourth-order valence-corrected chi connectivity index (χ4v) is 2.48. The summed E-state index contributed by atoms with van der Waals surface area (Å²) in [5, 5.41) is 3.44. The Bertz CT molecular complexity index is 436. The average Bonchev–Trinajstić information content (AvgIpc) is 2.81. The van der Waals surface area contributed by atoms with E-state index in [4.69, 9.17) is 32.7 Å². The van der Waals surface area contributed by atoms with Crippen LogP contribution in [0.1, 0.15) is 12.8 Å². The molecule has 1 aromatic rings. The summed E-state index contributed by atoms with van der Waals surface area (Å²) in [6.45, 7) is 0.627. The third-order valence-corrected chi connectivity index (χ3v) is 3.25. The molecule has 1 heterocycles. The van der Waals surface area contributed by atoms with Crippen LogP contribution in [0.15, 0.2) is 12.1 Å². The topological polar surface area (TPSA) is 47.6 Å². The van der Waals surface area contributed by atoms with Crippen molar-refractivity contribution in [2.24, 2.45) is 0 Å². The normalized spacial score (nSPS) is 18.7. The monoisotopic (exact) mass is 289 g/mol. The smallest absolute Gasteiger partial charge is 0.253 e. The Labute approximate surface area is 115 Å². The lowest BCUT2D eigenvalue weighted by Crippen LogP contribution is -2.26. The van der Waals surface area contributed by atoms with E-state index in [0.717, 1.165) is 12.8 Å². The van der Waals surface area contributed by atoms with Crippen molar-refractivity contribution < 1.29 is 14.3 Å². The molecule has 0 aliphatic carbocycles. The number of nitrogens with one attached hydrogen (secondary N) is 1. The molecule has 1 atom stereocenters. The summed E-state index contributed by atoms with van der Waals surface area (Å²) in [5.74, 6) is 0.221. The first-order valence-corrected chi connectivity index (χ1v) is 6.33. The largest absolute Gasteiger partial charge is 0.494 e. The van der Waals surface area contributed by atoms with Crippen LogP contribution in [0, 0.1) is 0 Å². The van der Waals surface area contributed by atoms with Crippen LogP contribution >= 0.6 is 23.2 Å². The Balaban J connectivity index is 2.12. The molecule has 1 aliphatic heterocycles. The van der Waals surface area contributed by atoms with E-state index in [9.17, 15) is 4.79 Å². The van der Waals surface area contributed by atoms with Gasteiger partial charge in [-0.1, -0.05) is 23.2 Å². The van der Waals surface area contributed by atoms with Gasteiger partial charge in [0.05, 0.1) is 17.2 Å². The maximum Gasteiger partial charge on any atom is 0.253 e. The van der Waals surface area contributed by atoms with Crippen LogP contribution in [0.3, 0.4) is 0 Å². The van der Waals surface area contributed by atoms with E-state index in [0.29, 0.717) is 28.1 Å². The summed E-state index contributed by atoms with van der Waals surface area (Å²) in [5.41, 5.74) is 0.534. The summed E-state index contributed by atoms with van der Waals surface area (Å²) in [4.78, 5) is 11.8. The molecular formula is C12H13Cl2NO3. The third-order valence-electron chi connectivity index (χ3n) is 2.69. The highest BCUT2D eigenvalue weighted by Gasteiger charge is 2.23. The van der Waals surface area contributed by atoms with Gasteiger partial charge in [-0.3, -0.25) is 4.79 Å². The Kier molecular flexibility index (Phi) is 4.32. The minimum Gasteiger partial charge on any atom is -0.494 e. The molecule has 1 N–H and O–H groups in total. The number of hydrogen-bond acceptors (Lipinski definition) is 3. The molecule has 6 heteroatoms. The highest BCUT2D eigenvalue weighted by molar-refractivity contribution is 6.37. The summed E-state index contributed by atoms with van der Waals surface area (Å²) in [7, 11) is 1.48. The fourth-order valence-electron chi connectivity index (χ4n) is 1.83. The standard InChI is InChI=1S/C12H13Cl2NO3/c1-17-11-8(13)5-7(6-9(11)14)15-12(16)10-3-2-4-18-10/h5-6,10H,2-4H2,1H3,(H,15,16)/t10-/m0/s1. The molecule has 0 bridgehead atoms. The van der Waals surface area contributed by atoms with Gasteiger partial charge in [-0.15, -0.1) is 0 Å². The minimum atomic E-state index is -0.385. The van der Waals surface area contributed by atoms with Gasteiger partial charge in [0.15, 0.2) is 5.75 Å². The van der Waals surface area contributed by atoms with Crippen molar-refractivity contribution in [2.45, 2.75) is 18.9 Å². The Hall–Kier alpha value is -0.970. The number of halogens is 2. The van der Waals surface area contributed by atoms with Gasteiger partial charge in [-0.25, -0.2) is 0 Å². The van der Waals surface area contributed by atoms with Crippen molar-refractivity contribution in [2.75, 3.05) is 19.0 Å². The van der Waals surface area contributed by atoms with Gasteiger partial charge in [-0.2, -0.15) is 0 Å². The number of hydrogen-bond donors (Lipinski definition) is 1. The zero-order valence-corrected chi connectivity index (χ0v) is 11.3. The number of carbonyl (C=O) groups excluding carboxylic acids is 1. The van der Waals surface area contributed by atoms with Gasteiger partial charge in [-0.05, 0) is 25.0 Å². The first kappa shape index (κ1) is 13.5. The molecule has 1 fully saturated rings. The van der Waals surface area contributed by atoms with Crippen LogP contribution < -0.4 is 10.1 Å². The lowest BCUT2D eigenvalue weighted by atomic mass is 10.2.